The van der Waals surface area contributed by atoms with E-state index in [1.165, 1.54) is 14.0 Å². The lowest BCUT2D eigenvalue weighted by molar-refractivity contribution is -0.144. The molecule has 0 bridgehead atoms. The van der Waals surface area contributed by atoms with Crippen molar-refractivity contribution in [2.75, 3.05) is 11.8 Å². The highest BCUT2D eigenvalue weighted by Gasteiger charge is 2.20. The molecule has 0 spiro atoms. The fourth-order valence-corrected chi connectivity index (χ4v) is 3.52. The Morgan fingerprint density at radius 2 is 1.63 bits per heavy atom. The third kappa shape index (κ3) is 5.82. The minimum absolute atomic E-state index is 0.175. The van der Waals surface area contributed by atoms with Crippen molar-refractivity contribution < 1.29 is 22.7 Å². The zero-order valence-electron chi connectivity index (χ0n) is 15.4. The second-order valence-electron chi connectivity index (χ2n) is 6.10. The Morgan fingerprint density at radius 3 is 2.15 bits per heavy atom. The first-order valence-corrected chi connectivity index (χ1v) is 9.73. The standard InChI is InChI=1S/C19H22N2O5S/c1-13-4-10-17(11-5-13)27(24,25)21-16-8-6-15(7-9-16)12-18(19(23)26-3)20-14(2)22/h4-11,18,21H,12H2,1-3H3,(H,20,22). The number of hydrogen-bond acceptors (Lipinski definition) is 5. The van der Waals surface area contributed by atoms with Gasteiger partial charge in [0, 0.05) is 19.0 Å². The fraction of sp³-hybridized carbons (Fsp3) is 0.263. The number of methoxy groups -OCH3 is 1. The van der Waals surface area contributed by atoms with Crippen molar-refractivity contribution >= 4 is 27.6 Å². The molecule has 27 heavy (non-hydrogen) atoms. The molecule has 0 saturated heterocycles. The molecule has 0 aliphatic rings. The van der Waals surface area contributed by atoms with Gasteiger partial charge in [0.1, 0.15) is 6.04 Å². The molecule has 2 rings (SSSR count). The van der Waals surface area contributed by atoms with E-state index in [-0.39, 0.29) is 17.2 Å². The van der Waals surface area contributed by atoms with Gasteiger partial charge in [-0.3, -0.25) is 9.52 Å². The summed E-state index contributed by atoms with van der Waals surface area (Å²) in [5, 5.41) is 2.53. The Kier molecular flexibility index (Phi) is 6.57. The van der Waals surface area contributed by atoms with Crippen molar-refractivity contribution in [3.63, 3.8) is 0 Å². The molecule has 8 heteroatoms. The van der Waals surface area contributed by atoms with Gasteiger partial charge in [-0.2, -0.15) is 0 Å². The van der Waals surface area contributed by atoms with Crippen LogP contribution in [0.2, 0.25) is 0 Å². The van der Waals surface area contributed by atoms with Crippen LogP contribution in [0.5, 0.6) is 0 Å². The number of ether oxygens (including phenoxy) is 1. The lowest BCUT2D eigenvalue weighted by atomic mass is 10.1. The molecule has 0 aliphatic heterocycles. The molecule has 1 unspecified atom stereocenters. The highest BCUT2D eigenvalue weighted by Crippen LogP contribution is 2.18. The summed E-state index contributed by atoms with van der Waals surface area (Å²) in [7, 11) is -2.43. The number of amides is 1. The summed E-state index contributed by atoms with van der Waals surface area (Å²) in [6, 6.07) is 12.3. The average Bonchev–Trinajstić information content (AvgIpc) is 2.62. The van der Waals surface area contributed by atoms with Crippen LogP contribution >= 0.6 is 0 Å². The largest absolute Gasteiger partial charge is 0.467 e. The van der Waals surface area contributed by atoms with Crippen LogP contribution in [0.1, 0.15) is 18.1 Å². The molecule has 2 N–H and O–H groups in total. The zero-order valence-corrected chi connectivity index (χ0v) is 16.2. The van der Waals surface area contributed by atoms with Gasteiger partial charge in [-0.25, -0.2) is 13.2 Å². The molecular formula is C19H22N2O5S. The quantitative estimate of drug-likeness (QED) is 0.704. The molecule has 0 saturated carbocycles. The van der Waals surface area contributed by atoms with Gasteiger partial charge in [-0.1, -0.05) is 29.8 Å². The van der Waals surface area contributed by atoms with Crippen LogP contribution in [0, 0.1) is 6.92 Å². The number of benzene rings is 2. The Bertz CT molecular complexity index is 906. The van der Waals surface area contributed by atoms with E-state index in [0.717, 1.165) is 11.1 Å². The van der Waals surface area contributed by atoms with E-state index in [1.807, 2.05) is 6.92 Å². The van der Waals surface area contributed by atoms with Gasteiger partial charge >= 0.3 is 5.97 Å². The lowest BCUT2D eigenvalue weighted by Crippen LogP contribution is -2.41. The molecule has 2 aromatic rings. The molecule has 0 heterocycles. The topological polar surface area (TPSA) is 102 Å². The summed E-state index contributed by atoms with van der Waals surface area (Å²) in [6.07, 6.45) is 0.233. The van der Waals surface area contributed by atoms with E-state index in [9.17, 15) is 18.0 Å². The van der Waals surface area contributed by atoms with Crippen LogP contribution in [-0.4, -0.2) is 33.4 Å². The predicted octanol–water partition coefficient (Wildman–Crippen LogP) is 2.02. The number of sulfonamides is 1. The van der Waals surface area contributed by atoms with Gasteiger partial charge in [-0.05, 0) is 36.8 Å². The van der Waals surface area contributed by atoms with Crippen LogP contribution in [-0.2, 0) is 30.8 Å². The van der Waals surface area contributed by atoms with Crippen LogP contribution in [0.15, 0.2) is 53.4 Å². The van der Waals surface area contributed by atoms with Gasteiger partial charge in [0.05, 0.1) is 12.0 Å². The first-order chi connectivity index (χ1) is 12.7. The molecule has 0 aromatic heterocycles. The molecule has 0 radical (unpaired) electrons. The van der Waals surface area contributed by atoms with E-state index >= 15 is 0 Å². The van der Waals surface area contributed by atoms with Crippen LogP contribution in [0.25, 0.3) is 0 Å². The number of aryl methyl sites for hydroxylation is 1. The van der Waals surface area contributed by atoms with Crippen molar-refractivity contribution in [1.82, 2.24) is 5.32 Å². The van der Waals surface area contributed by atoms with E-state index in [1.54, 1.807) is 48.5 Å². The number of anilines is 1. The summed E-state index contributed by atoms with van der Waals surface area (Å²) >= 11 is 0. The Balaban J connectivity index is 2.11. The maximum Gasteiger partial charge on any atom is 0.328 e. The SMILES string of the molecule is COC(=O)C(Cc1ccc(NS(=O)(=O)c2ccc(C)cc2)cc1)NC(C)=O. The number of hydrogen-bond donors (Lipinski definition) is 2. The van der Waals surface area contributed by atoms with Gasteiger partial charge in [0.2, 0.25) is 5.91 Å². The summed E-state index contributed by atoms with van der Waals surface area (Å²) in [5.74, 6) is -0.887. The van der Waals surface area contributed by atoms with Crippen molar-refractivity contribution in [3.8, 4) is 0 Å². The van der Waals surface area contributed by atoms with Gasteiger partial charge in [0.25, 0.3) is 10.0 Å². The average molecular weight is 390 g/mol. The van der Waals surface area contributed by atoms with Gasteiger partial charge in [-0.15, -0.1) is 0 Å². The Labute approximate surface area is 158 Å². The van der Waals surface area contributed by atoms with Crippen molar-refractivity contribution in [2.45, 2.75) is 31.2 Å². The highest BCUT2D eigenvalue weighted by molar-refractivity contribution is 7.92. The maximum absolute atomic E-state index is 12.4. The highest BCUT2D eigenvalue weighted by atomic mass is 32.2. The Hall–Kier alpha value is -2.87. The first-order valence-electron chi connectivity index (χ1n) is 8.24. The van der Waals surface area contributed by atoms with Crippen LogP contribution < -0.4 is 10.0 Å². The monoisotopic (exact) mass is 390 g/mol. The molecule has 2 aromatic carbocycles. The first kappa shape index (κ1) is 20.4. The van der Waals surface area contributed by atoms with Crippen molar-refractivity contribution in [3.05, 3.63) is 59.7 Å². The molecule has 144 valence electrons. The number of carbonyl (C=O) groups is 2. The second-order valence-corrected chi connectivity index (χ2v) is 7.78. The number of carbonyl (C=O) groups excluding carboxylic acids is 2. The van der Waals surface area contributed by atoms with Crippen molar-refractivity contribution in [1.29, 1.82) is 0 Å². The number of nitrogens with one attached hydrogen (secondary N) is 2. The van der Waals surface area contributed by atoms with Crippen LogP contribution in [0.3, 0.4) is 0 Å². The van der Waals surface area contributed by atoms with E-state index < -0.39 is 22.0 Å². The molecule has 1 amide bonds. The zero-order chi connectivity index (χ0) is 20.0. The summed E-state index contributed by atoms with van der Waals surface area (Å²) in [6.45, 7) is 3.20. The third-order valence-electron chi connectivity index (χ3n) is 3.84. The summed E-state index contributed by atoms with van der Waals surface area (Å²) < 4.78 is 32.0. The molecule has 0 fully saturated rings. The van der Waals surface area contributed by atoms with Gasteiger partial charge in [0.15, 0.2) is 0 Å². The van der Waals surface area contributed by atoms with Crippen molar-refractivity contribution in [2.24, 2.45) is 0 Å². The minimum atomic E-state index is -3.68. The molecule has 0 aliphatic carbocycles. The molecule has 1 atom stereocenters. The minimum Gasteiger partial charge on any atom is -0.467 e. The summed E-state index contributed by atoms with van der Waals surface area (Å²) in [4.78, 5) is 23.2. The lowest BCUT2D eigenvalue weighted by Gasteiger charge is -2.16. The normalized spacial score (nSPS) is 12.1. The van der Waals surface area contributed by atoms with E-state index in [2.05, 4.69) is 14.8 Å². The van der Waals surface area contributed by atoms with E-state index in [4.69, 9.17) is 0 Å². The third-order valence-corrected chi connectivity index (χ3v) is 5.24. The summed E-state index contributed by atoms with van der Waals surface area (Å²) in [5.41, 5.74) is 2.11. The predicted molar refractivity (Wildman–Crippen MR) is 102 cm³/mol. The number of rotatable bonds is 7. The van der Waals surface area contributed by atoms with E-state index in [0.29, 0.717) is 5.69 Å². The van der Waals surface area contributed by atoms with Crippen LogP contribution in [0.4, 0.5) is 5.69 Å². The Morgan fingerprint density at radius 1 is 1.04 bits per heavy atom. The maximum atomic E-state index is 12.4. The molecule has 7 nitrogen and oxygen atoms in total. The van der Waals surface area contributed by atoms with Gasteiger partial charge < -0.3 is 10.1 Å². The molecular weight excluding hydrogens is 368 g/mol. The smallest absolute Gasteiger partial charge is 0.328 e. The second kappa shape index (κ2) is 8.68. The fourth-order valence-electron chi connectivity index (χ4n) is 2.46. The number of esters is 1.